The number of allylic oxidation sites excluding steroid dienone is 11. The molecule has 0 N–H and O–H groups in total. The summed E-state index contributed by atoms with van der Waals surface area (Å²) in [5, 5.41) is 0. The molecule has 0 nitrogen and oxygen atoms in total. The highest BCUT2D eigenvalue weighted by Crippen LogP contribution is 2.20. The van der Waals surface area contributed by atoms with Crippen LogP contribution in [0.15, 0.2) is 85.6 Å². The van der Waals surface area contributed by atoms with E-state index < -0.39 is 0 Å². The van der Waals surface area contributed by atoms with Crippen molar-refractivity contribution in [3.05, 3.63) is 85.6 Å². The predicted octanol–water partition coefficient (Wildman–Crippen LogP) is 4.53. The first-order valence-electron chi connectivity index (χ1n) is 5.45. The number of hydrogen-bond donors (Lipinski definition) is 0. The maximum Gasteiger partial charge on any atom is -0.000654 e. The van der Waals surface area contributed by atoms with Crippen molar-refractivity contribution in [1.29, 1.82) is 0 Å². The minimum atomic E-state index is 0.450. The summed E-state index contributed by atoms with van der Waals surface area (Å²) in [6.45, 7) is 11.4. The highest BCUT2D eigenvalue weighted by atomic mass is 14.1. The molecule has 0 bridgehead atoms. The van der Waals surface area contributed by atoms with Gasteiger partial charge in [0.05, 0.1) is 0 Å². The second-order valence-corrected chi connectivity index (χ2v) is 3.60. The van der Waals surface area contributed by atoms with E-state index in [-0.39, 0.29) is 0 Å². The fraction of sp³-hybridized carbons (Fsp3) is 0.125. The maximum atomic E-state index is 3.84. The van der Waals surface area contributed by atoms with Gasteiger partial charge in [-0.15, -0.1) is 0 Å². The van der Waals surface area contributed by atoms with Gasteiger partial charge in [0.1, 0.15) is 0 Å². The first-order valence-corrected chi connectivity index (χ1v) is 5.45. The third-order valence-corrected chi connectivity index (χ3v) is 2.48. The van der Waals surface area contributed by atoms with E-state index in [1.165, 1.54) is 0 Å². The van der Waals surface area contributed by atoms with Crippen molar-refractivity contribution in [2.45, 2.75) is 6.42 Å². The van der Waals surface area contributed by atoms with Crippen molar-refractivity contribution < 1.29 is 0 Å². The van der Waals surface area contributed by atoms with E-state index >= 15 is 0 Å². The molecule has 0 heteroatoms. The van der Waals surface area contributed by atoms with E-state index in [0.29, 0.717) is 5.92 Å². The van der Waals surface area contributed by atoms with Gasteiger partial charge in [0, 0.05) is 0 Å². The molecule has 0 heterocycles. The van der Waals surface area contributed by atoms with Crippen LogP contribution in [-0.4, -0.2) is 0 Å². The molecular formula is C16H18. The molecule has 0 saturated heterocycles. The molecule has 0 spiro atoms. The zero-order valence-corrected chi connectivity index (χ0v) is 9.60. The van der Waals surface area contributed by atoms with Crippen LogP contribution in [0.4, 0.5) is 0 Å². The highest BCUT2D eigenvalue weighted by molar-refractivity contribution is 5.47. The topological polar surface area (TPSA) is 0 Å². The van der Waals surface area contributed by atoms with Crippen molar-refractivity contribution in [1.82, 2.24) is 0 Å². The summed E-state index contributed by atoms with van der Waals surface area (Å²) in [5.41, 5.74) is 2.17. The van der Waals surface area contributed by atoms with Gasteiger partial charge in [0.2, 0.25) is 0 Å². The number of rotatable bonds is 5. The Morgan fingerprint density at radius 1 is 1.06 bits per heavy atom. The second-order valence-electron chi connectivity index (χ2n) is 3.60. The van der Waals surface area contributed by atoms with Gasteiger partial charge in [0.15, 0.2) is 0 Å². The van der Waals surface area contributed by atoms with Gasteiger partial charge in [-0.25, -0.2) is 0 Å². The molecule has 0 amide bonds. The summed E-state index contributed by atoms with van der Waals surface area (Å²) in [6, 6.07) is 0. The van der Waals surface area contributed by atoms with Gasteiger partial charge >= 0.3 is 0 Å². The lowest BCUT2D eigenvalue weighted by molar-refractivity contribution is 0.818. The summed E-state index contributed by atoms with van der Waals surface area (Å²) in [5.74, 6) is 0.450. The zero-order chi connectivity index (χ0) is 11.8. The van der Waals surface area contributed by atoms with Gasteiger partial charge in [-0.2, -0.15) is 0 Å². The fourth-order valence-electron chi connectivity index (χ4n) is 1.65. The minimum absolute atomic E-state index is 0.450. The first kappa shape index (κ1) is 12.3. The zero-order valence-electron chi connectivity index (χ0n) is 9.60. The molecule has 0 aromatic rings. The second kappa shape index (κ2) is 6.62. The Labute approximate surface area is 98.4 Å². The van der Waals surface area contributed by atoms with Crippen LogP contribution >= 0.6 is 0 Å². The van der Waals surface area contributed by atoms with E-state index in [9.17, 15) is 0 Å². The summed E-state index contributed by atoms with van der Waals surface area (Å²) in [6.07, 6.45) is 19.2. The molecule has 1 atom stereocenters. The van der Waals surface area contributed by atoms with Gasteiger partial charge in [0.25, 0.3) is 0 Å². The van der Waals surface area contributed by atoms with Crippen LogP contribution in [0.25, 0.3) is 0 Å². The summed E-state index contributed by atoms with van der Waals surface area (Å²) >= 11 is 0. The predicted molar refractivity (Wildman–Crippen MR) is 73.1 cm³/mol. The Bertz CT molecular complexity index is 386. The molecule has 1 aliphatic carbocycles. The van der Waals surface area contributed by atoms with E-state index in [0.717, 1.165) is 17.6 Å². The third kappa shape index (κ3) is 3.39. The van der Waals surface area contributed by atoms with Crippen LogP contribution in [-0.2, 0) is 0 Å². The molecule has 0 saturated carbocycles. The smallest absolute Gasteiger partial charge is 0.000654 e. The lowest BCUT2D eigenvalue weighted by Gasteiger charge is -2.10. The lowest BCUT2D eigenvalue weighted by atomic mass is 9.95. The van der Waals surface area contributed by atoms with Crippen LogP contribution in [0.5, 0.6) is 0 Å². The van der Waals surface area contributed by atoms with Crippen molar-refractivity contribution >= 4 is 0 Å². The molecule has 1 rings (SSSR count). The van der Waals surface area contributed by atoms with Crippen LogP contribution < -0.4 is 0 Å². The Hall–Kier alpha value is -1.82. The summed E-state index contributed by atoms with van der Waals surface area (Å²) in [7, 11) is 0. The van der Waals surface area contributed by atoms with Crippen LogP contribution in [0, 0.1) is 5.92 Å². The Morgan fingerprint density at radius 2 is 1.81 bits per heavy atom. The molecule has 0 fully saturated rings. The lowest BCUT2D eigenvalue weighted by Crippen LogP contribution is -1.95. The molecule has 16 heavy (non-hydrogen) atoms. The van der Waals surface area contributed by atoms with Crippen molar-refractivity contribution in [2.75, 3.05) is 0 Å². The molecule has 0 radical (unpaired) electrons. The van der Waals surface area contributed by atoms with Crippen molar-refractivity contribution in [2.24, 2.45) is 5.92 Å². The average Bonchev–Trinajstić information content (AvgIpc) is 2.35. The Morgan fingerprint density at radius 3 is 2.31 bits per heavy atom. The van der Waals surface area contributed by atoms with Gasteiger partial charge in [-0.1, -0.05) is 74.4 Å². The fourth-order valence-corrected chi connectivity index (χ4v) is 1.65. The van der Waals surface area contributed by atoms with Gasteiger partial charge in [-0.3, -0.25) is 0 Å². The normalized spacial score (nSPS) is 20.6. The van der Waals surface area contributed by atoms with Crippen molar-refractivity contribution in [3.63, 3.8) is 0 Å². The Balaban J connectivity index is 2.92. The van der Waals surface area contributed by atoms with Crippen LogP contribution in [0.3, 0.4) is 0 Å². The SMILES string of the molecule is C=C/C=C(C=C)/C(C=C)=C/C1C=CC=CC1. The van der Waals surface area contributed by atoms with Crippen LogP contribution in [0.2, 0.25) is 0 Å². The monoisotopic (exact) mass is 210 g/mol. The Kier molecular flexibility index (Phi) is 5.07. The van der Waals surface area contributed by atoms with E-state index in [4.69, 9.17) is 0 Å². The highest BCUT2D eigenvalue weighted by Gasteiger charge is 2.04. The molecule has 1 unspecified atom stereocenters. The molecule has 0 aliphatic heterocycles. The van der Waals surface area contributed by atoms with E-state index in [1.54, 1.807) is 6.08 Å². The van der Waals surface area contributed by atoms with E-state index in [1.807, 2.05) is 18.2 Å². The molecule has 0 aromatic heterocycles. The number of hydrogen-bond acceptors (Lipinski definition) is 0. The molecule has 1 aliphatic rings. The average molecular weight is 210 g/mol. The third-order valence-electron chi connectivity index (χ3n) is 2.48. The summed E-state index contributed by atoms with van der Waals surface area (Å²) in [4.78, 5) is 0. The van der Waals surface area contributed by atoms with Gasteiger partial charge in [-0.05, 0) is 23.5 Å². The van der Waals surface area contributed by atoms with Crippen LogP contribution in [0.1, 0.15) is 6.42 Å². The van der Waals surface area contributed by atoms with Gasteiger partial charge < -0.3 is 0 Å². The molecule has 82 valence electrons. The largest absolute Gasteiger partial charge is 0.0990 e. The first-order chi connectivity index (χ1) is 7.81. The maximum absolute atomic E-state index is 3.84. The van der Waals surface area contributed by atoms with E-state index in [2.05, 4.69) is 50.1 Å². The molecular weight excluding hydrogens is 192 g/mol. The minimum Gasteiger partial charge on any atom is -0.0990 e. The molecule has 0 aromatic carbocycles. The standard InChI is InChI=1S/C16H18/c1-4-10-15(5-2)16(6-3)13-14-11-8-7-9-12-14/h4-11,13-14H,1-3,12H2/b15-10+,16-13+. The van der Waals surface area contributed by atoms with Crippen molar-refractivity contribution in [3.8, 4) is 0 Å². The quantitative estimate of drug-likeness (QED) is 0.585. The summed E-state index contributed by atoms with van der Waals surface area (Å²) < 4.78 is 0.